The van der Waals surface area contributed by atoms with Gasteiger partial charge in [-0.3, -0.25) is 14.4 Å². The van der Waals surface area contributed by atoms with E-state index in [1.54, 1.807) is 0 Å². The van der Waals surface area contributed by atoms with Crippen molar-refractivity contribution in [3.05, 3.63) is 0 Å². The third-order valence-electron chi connectivity index (χ3n) is 1.67. The Bertz CT molecular complexity index is 237. The summed E-state index contributed by atoms with van der Waals surface area (Å²) >= 11 is 0. The van der Waals surface area contributed by atoms with Crippen LogP contribution in [0.15, 0.2) is 0 Å². The van der Waals surface area contributed by atoms with E-state index in [0.717, 1.165) is 0 Å². The first-order chi connectivity index (χ1) is 6.47. The maximum atomic E-state index is 11.1. The van der Waals surface area contributed by atoms with E-state index in [0.29, 0.717) is 0 Å². The molecule has 0 aromatic rings. The molecule has 0 rings (SSSR count). The van der Waals surface area contributed by atoms with Crippen LogP contribution in [0.2, 0.25) is 0 Å². The second-order valence-corrected chi connectivity index (χ2v) is 3.17. The van der Waals surface area contributed by atoms with Crippen LogP contribution >= 0.6 is 0 Å². The second-order valence-electron chi connectivity index (χ2n) is 3.17. The van der Waals surface area contributed by atoms with Crippen molar-refractivity contribution in [3.63, 3.8) is 0 Å². The summed E-state index contributed by atoms with van der Waals surface area (Å²) in [4.78, 5) is 32.6. The molecule has 0 aliphatic carbocycles. The number of rotatable bonds is 7. The molecule has 80 valence electrons. The van der Waals surface area contributed by atoms with Crippen molar-refractivity contribution in [2.75, 3.05) is 6.61 Å². The summed E-state index contributed by atoms with van der Waals surface area (Å²) in [5, 5.41) is 8.45. The van der Waals surface area contributed by atoms with Gasteiger partial charge in [0, 0.05) is 12.8 Å². The number of Topliss-reactive ketones (excluding diaryl/α,β-unsaturated/α-hetero) is 3. The highest BCUT2D eigenvalue weighted by atomic mass is 16.3. The van der Waals surface area contributed by atoms with Gasteiger partial charge < -0.3 is 10.8 Å². The lowest BCUT2D eigenvalue weighted by atomic mass is 10.0. The van der Waals surface area contributed by atoms with Gasteiger partial charge in [-0.25, -0.2) is 0 Å². The molecule has 0 saturated heterocycles. The average molecular weight is 201 g/mol. The van der Waals surface area contributed by atoms with E-state index in [1.807, 2.05) is 0 Å². The standard InChI is InChI=1S/C9H15NO4/c1-6(12)4-7(13)5-8(10)9(14)2-3-11/h8,11H,2-5,10H2,1H3. The Hall–Kier alpha value is -1.07. The highest BCUT2D eigenvalue weighted by Gasteiger charge is 2.17. The van der Waals surface area contributed by atoms with Gasteiger partial charge in [-0.2, -0.15) is 0 Å². The van der Waals surface area contributed by atoms with Gasteiger partial charge in [0.2, 0.25) is 0 Å². The Morgan fingerprint density at radius 2 is 1.93 bits per heavy atom. The van der Waals surface area contributed by atoms with Crippen LogP contribution in [0.5, 0.6) is 0 Å². The van der Waals surface area contributed by atoms with Crippen molar-refractivity contribution in [2.45, 2.75) is 32.2 Å². The molecule has 0 radical (unpaired) electrons. The molecule has 5 heteroatoms. The maximum absolute atomic E-state index is 11.1. The van der Waals surface area contributed by atoms with Crippen LogP contribution < -0.4 is 5.73 Å². The predicted octanol–water partition coefficient (Wildman–Crippen LogP) is -0.796. The van der Waals surface area contributed by atoms with E-state index >= 15 is 0 Å². The van der Waals surface area contributed by atoms with Crippen molar-refractivity contribution in [1.29, 1.82) is 0 Å². The van der Waals surface area contributed by atoms with Crippen molar-refractivity contribution in [3.8, 4) is 0 Å². The molecule has 0 spiro atoms. The van der Waals surface area contributed by atoms with Crippen LogP contribution in [-0.4, -0.2) is 35.1 Å². The molecule has 1 atom stereocenters. The average Bonchev–Trinajstić information content (AvgIpc) is 2.02. The summed E-state index contributed by atoms with van der Waals surface area (Å²) < 4.78 is 0. The number of ketones is 3. The SMILES string of the molecule is CC(=O)CC(=O)CC(N)C(=O)CCO. The summed E-state index contributed by atoms with van der Waals surface area (Å²) in [6, 6.07) is -0.894. The first-order valence-electron chi connectivity index (χ1n) is 4.37. The highest BCUT2D eigenvalue weighted by Crippen LogP contribution is 1.98. The Labute approximate surface area is 82.3 Å². The topological polar surface area (TPSA) is 97.5 Å². The van der Waals surface area contributed by atoms with Crippen LogP contribution in [0, 0.1) is 0 Å². The molecule has 3 N–H and O–H groups in total. The summed E-state index contributed by atoms with van der Waals surface area (Å²) in [5.41, 5.74) is 5.39. The van der Waals surface area contributed by atoms with Gasteiger partial charge in [0.15, 0.2) is 5.78 Å². The zero-order valence-electron chi connectivity index (χ0n) is 8.16. The number of aliphatic hydroxyl groups is 1. The van der Waals surface area contributed by atoms with E-state index in [2.05, 4.69) is 0 Å². The first-order valence-corrected chi connectivity index (χ1v) is 4.37. The predicted molar refractivity (Wildman–Crippen MR) is 49.6 cm³/mol. The van der Waals surface area contributed by atoms with E-state index in [1.165, 1.54) is 6.92 Å². The number of nitrogens with two attached hydrogens (primary N) is 1. The molecule has 0 heterocycles. The Morgan fingerprint density at radius 3 is 2.36 bits per heavy atom. The second kappa shape index (κ2) is 6.39. The molecule has 0 saturated carbocycles. The normalized spacial score (nSPS) is 12.2. The fraction of sp³-hybridized carbons (Fsp3) is 0.667. The molecule has 0 aromatic heterocycles. The minimum absolute atomic E-state index is 0.0471. The van der Waals surface area contributed by atoms with Crippen LogP contribution in [-0.2, 0) is 14.4 Å². The van der Waals surface area contributed by atoms with Crippen LogP contribution in [0.4, 0.5) is 0 Å². The van der Waals surface area contributed by atoms with Gasteiger partial charge in [-0.1, -0.05) is 0 Å². The summed E-state index contributed by atoms with van der Waals surface area (Å²) in [6.45, 7) is 1.03. The molecule has 14 heavy (non-hydrogen) atoms. The number of carbonyl (C=O) groups excluding carboxylic acids is 3. The Kier molecular flexibility index (Phi) is 5.91. The molecule has 0 aromatic carbocycles. The molecule has 0 bridgehead atoms. The molecule has 0 fully saturated rings. The van der Waals surface area contributed by atoms with E-state index < -0.39 is 6.04 Å². The van der Waals surface area contributed by atoms with Gasteiger partial charge in [0.1, 0.15) is 11.6 Å². The summed E-state index contributed by atoms with van der Waals surface area (Å²) in [6.07, 6.45) is -0.354. The number of aliphatic hydroxyl groups excluding tert-OH is 1. The highest BCUT2D eigenvalue weighted by molar-refractivity contribution is 6.00. The molecule has 1 unspecified atom stereocenters. The zero-order valence-corrected chi connectivity index (χ0v) is 8.16. The molecule has 5 nitrogen and oxygen atoms in total. The molecule has 0 aliphatic rings. The Balaban J connectivity index is 3.92. The summed E-state index contributed by atoms with van der Waals surface area (Å²) in [7, 11) is 0. The van der Waals surface area contributed by atoms with Gasteiger partial charge in [-0.15, -0.1) is 0 Å². The Morgan fingerprint density at radius 1 is 1.36 bits per heavy atom. The number of hydrogen-bond acceptors (Lipinski definition) is 5. The minimum Gasteiger partial charge on any atom is -0.396 e. The van der Waals surface area contributed by atoms with Gasteiger partial charge >= 0.3 is 0 Å². The van der Waals surface area contributed by atoms with E-state index in [4.69, 9.17) is 10.8 Å². The van der Waals surface area contributed by atoms with Crippen LogP contribution in [0.1, 0.15) is 26.2 Å². The van der Waals surface area contributed by atoms with Crippen LogP contribution in [0.3, 0.4) is 0 Å². The van der Waals surface area contributed by atoms with E-state index in [9.17, 15) is 14.4 Å². The lowest BCUT2D eigenvalue weighted by Gasteiger charge is -2.07. The van der Waals surface area contributed by atoms with Gasteiger partial charge in [-0.05, 0) is 6.92 Å². The first kappa shape index (κ1) is 12.9. The number of carbonyl (C=O) groups is 3. The lowest BCUT2D eigenvalue weighted by molar-refractivity contribution is -0.129. The largest absolute Gasteiger partial charge is 0.396 e. The van der Waals surface area contributed by atoms with Crippen molar-refractivity contribution >= 4 is 17.3 Å². The minimum atomic E-state index is -0.894. The quantitative estimate of drug-likeness (QED) is 0.526. The van der Waals surface area contributed by atoms with Crippen molar-refractivity contribution in [1.82, 2.24) is 0 Å². The molecular weight excluding hydrogens is 186 g/mol. The van der Waals surface area contributed by atoms with Crippen molar-refractivity contribution < 1.29 is 19.5 Å². The van der Waals surface area contributed by atoms with Crippen molar-refractivity contribution in [2.24, 2.45) is 5.73 Å². The van der Waals surface area contributed by atoms with Gasteiger partial charge in [0.05, 0.1) is 19.1 Å². The fourth-order valence-corrected chi connectivity index (χ4v) is 1.00. The lowest BCUT2D eigenvalue weighted by Crippen LogP contribution is -2.33. The van der Waals surface area contributed by atoms with E-state index in [-0.39, 0.29) is 43.2 Å². The smallest absolute Gasteiger partial charge is 0.152 e. The third kappa shape index (κ3) is 5.55. The molecule has 0 amide bonds. The zero-order chi connectivity index (χ0) is 11.1. The third-order valence-corrected chi connectivity index (χ3v) is 1.67. The molecule has 0 aliphatic heterocycles. The summed E-state index contributed by atoms with van der Waals surface area (Å²) in [5.74, 6) is -0.933. The number of hydrogen-bond donors (Lipinski definition) is 2. The monoisotopic (exact) mass is 201 g/mol. The fourth-order valence-electron chi connectivity index (χ4n) is 1.00. The molecular formula is C9H15NO4. The van der Waals surface area contributed by atoms with Crippen LogP contribution in [0.25, 0.3) is 0 Å². The maximum Gasteiger partial charge on any atom is 0.152 e. The van der Waals surface area contributed by atoms with Gasteiger partial charge in [0.25, 0.3) is 0 Å².